The molecule has 1 aliphatic rings. The predicted molar refractivity (Wildman–Crippen MR) is 96.5 cm³/mol. The van der Waals surface area contributed by atoms with Crippen LogP contribution in [0.2, 0.25) is 0 Å². The van der Waals surface area contributed by atoms with Crippen molar-refractivity contribution in [2.45, 2.75) is 19.4 Å². The van der Waals surface area contributed by atoms with Crippen molar-refractivity contribution in [3.8, 4) is 0 Å². The van der Waals surface area contributed by atoms with E-state index < -0.39 is 5.97 Å². The van der Waals surface area contributed by atoms with Crippen LogP contribution >= 0.6 is 0 Å². The Bertz CT molecular complexity index is 655. The third-order valence-electron chi connectivity index (χ3n) is 4.60. The molecule has 0 bridgehead atoms. The molecule has 1 unspecified atom stereocenters. The van der Waals surface area contributed by atoms with Gasteiger partial charge in [-0.1, -0.05) is 30.3 Å². The minimum absolute atomic E-state index is 0.338. The number of aromatic carboxylic acids is 1. The zero-order chi connectivity index (χ0) is 16.8. The van der Waals surface area contributed by atoms with Crippen molar-refractivity contribution in [2.75, 3.05) is 24.5 Å². The number of hydrogen-bond donors (Lipinski definition) is 2. The highest BCUT2D eigenvalue weighted by Crippen LogP contribution is 2.22. The second kappa shape index (κ2) is 7.97. The molecule has 1 saturated heterocycles. The third kappa shape index (κ3) is 4.36. The van der Waals surface area contributed by atoms with Crippen molar-refractivity contribution in [3.05, 3.63) is 65.7 Å². The predicted octanol–water partition coefficient (Wildman–Crippen LogP) is 3.39. The van der Waals surface area contributed by atoms with Gasteiger partial charge in [-0.3, -0.25) is 0 Å². The van der Waals surface area contributed by atoms with E-state index in [4.69, 9.17) is 5.11 Å². The van der Waals surface area contributed by atoms with Gasteiger partial charge in [-0.2, -0.15) is 0 Å². The van der Waals surface area contributed by atoms with Crippen LogP contribution in [0, 0.1) is 5.92 Å². The van der Waals surface area contributed by atoms with Crippen molar-refractivity contribution in [1.29, 1.82) is 0 Å². The summed E-state index contributed by atoms with van der Waals surface area (Å²) in [6.07, 6.45) is 2.49. The molecule has 1 aliphatic heterocycles. The first-order valence-corrected chi connectivity index (χ1v) is 8.55. The second-order valence-corrected chi connectivity index (χ2v) is 6.42. The lowest BCUT2D eigenvalue weighted by Gasteiger charge is -2.34. The van der Waals surface area contributed by atoms with E-state index in [-0.39, 0.29) is 0 Å². The fraction of sp³-hybridized carbons (Fsp3) is 0.350. The molecular weight excluding hydrogens is 300 g/mol. The second-order valence-electron chi connectivity index (χ2n) is 6.42. The van der Waals surface area contributed by atoms with Crippen LogP contribution in [0.5, 0.6) is 0 Å². The van der Waals surface area contributed by atoms with Gasteiger partial charge in [0.25, 0.3) is 0 Å². The van der Waals surface area contributed by atoms with Crippen LogP contribution in [0.1, 0.15) is 28.8 Å². The van der Waals surface area contributed by atoms with Gasteiger partial charge in [0.15, 0.2) is 0 Å². The van der Waals surface area contributed by atoms with E-state index >= 15 is 0 Å². The molecule has 24 heavy (non-hydrogen) atoms. The van der Waals surface area contributed by atoms with Crippen LogP contribution in [0.15, 0.2) is 54.6 Å². The number of benzene rings is 2. The molecule has 2 N–H and O–H groups in total. The fourth-order valence-electron chi connectivity index (χ4n) is 3.29. The molecule has 0 aliphatic carbocycles. The van der Waals surface area contributed by atoms with Crippen LogP contribution in [-0.2, 0) is 6.54 Å². The Kier molecular flexibility index (Phi) is 5.49. The summed E-state index contributed by atoms with van der Waals surface area (Å²) in [4.78, 5) is 13.3. The maximum Gasteiger partial charge on any atom is 0.335 e. The monoisotopic (exact) mass is 324 g/mol. The van der Waals surface area contributed by atoms with Gasteiger partial charge < -0.3 is 15.3 Å². The highest BCUT2D eigenvalue weighted by molar-refractivity contribution is 5.87. The molecule has 1 heterocycles. The molecule has 0 aromatic heterocycles. The molecule has 3 rings (SSSR count). The van der Waals surface area contributed by atoms with Gasteiger partial charge in [0, 0.05) is 25.3 Å². The number of para-hydroxylation sites is 1. The molecule has 1 atom stereocenters. The number of piperidine rings is 1. The van der Waals surface area contributed by atoms with Crippen molar-refractivity contribution in [1.82, 2.24) is 5.32 Å². The maximum atomic E-state index is 10.9. The molecule has 2 aromatic carbocycles. The molecule has 4 nitrogen and oxygen atoms in total. The highest BCUT2D eigenvalue weighted by Gasteiger charge is 2.19. The van der Waals surface area contributed by atoms with E-state index in [0.29, 0.717) is 11.5 Å². The zero-order valence-corrected chi connectivity index (χ0v) is 13.8. The van der Waals surface area contributed by atoms with Gasteiger partial charge in [-0.25, -0.2) is 4.79 Å². The van der Waals surface area contributed by atoms with Gasteiger partial charge in [0.1, 0.15) is 0 Å². The van der Waals surface area contributed by atoms with Gasteiger partial charge >= 0.3 is 5.97 Å². The number of hydrogen-bond acceptors (Lipinski definition) is 3. The molecular formula is C20H24N2O2. The number of rotatable bonds is 6. The Balaban J connectivity index is 1.47. The summed E-state index contributed by atoms with van der Waals surface area (Å²) in [5, 5.41) is 12.4. The number of anilines is 1. The average Bonchev–Trinajstić information content (AvgIpc) is 2.63. The third-order valence-corrected chi connectivity index (χ3v) is 4.60. The first-order valence-electron chi connectivity index (χ1n) is 8.55. The summed E-state index contributed by atoms with van der Waals surface area (Å²) in [6.45, 7) is 4.00. The normalized spacial score (nSPS) is 17.7. The van der Waals surface area contributed by atoms with Gasteiger partial charge in [0.2, 0.25) is 0 Å². The van der Waals surface area contributed by atoms with Crippen LogP contribution in [0.4, 0.5) is 5.69 Å². The van der Waals surface area contributed by atoms with Crippen LogP contribution < -0.4 is 10.2 Å². The van der Waals surface area contributed by atoms with Crippen molar-refractivity contribution < 1.29 is 9.90 Å². The molecule has 4 heteroatoms. The molecule has 1 fully saturated rings. The Morgan fingerprint density at radius 2 is 1.88 bits per heavy atom. The van der Waals surface area contributed by atoms with Crippen LogP contribution in [-0.4, -0.2) is 30.7 Å². The van der Waals surface area contributed by atoms with Crippen LogP contribution in [0.3, 0.4) is 0 Å². The Morgan fingerprint density at radius 3 is 2.58 bits per heavy atom. The fourth-order valence-corrected chi connectivity index (χ4v) is 3.29. The Morgan fingerprint density at radius 1 is 1.12 bits per heavy atom. The minimum Gasteiger partial charge on any atom is -0.478 e. The lowest BCUT2D eigenvalue weighted by Crippen LogP contribution is -2.39. The summed E-state index contributed by atoms with van der Waals surface area (Å²) in [7, 11) is 0. The summed E-state index contributed by atoms with van der Waals surface area (Å²) in [6, 6.07) is 17.7. The van der Waals surface area contributed by atoms with E-state index in [1.165, 1.54) is 18.5 Å². The highest BCUT2D eigenvalue weighted by atomic mass is 16.4. The molecule has 2 aromatic rings. The molecule has 126 valence electrons. The maximum absolute atomic E-state index is 10.9. The van der Waals surface area contributed by atoms with Gasteiger partial charge in [-0.15, -0.1) is 0 Å². The zero-order valence-electron chi connectivity index (χ0n) is 13.8. The summed E-state index contributed by atoms with van der Waals surface area (Å²) < 4.78 is 0. The topological polar surface area (TPSA) is 52.6 Å². The van der Waals surface area contributed by atoms with Gasteiger partial charge in [0.05, 0.1) is 5.56 Å². The largest absolute Gasteiger partial charge is 0.478 e. The molecule has 0 radical (unpaired) electrons. The van der Waals surface area contributed by atoms with Crippen molar-refractivity contribution in [2.24, 2.45) is 5.92 Å². The van der Waals surface area contributed by atoms with E-state index in [9.17, 15) is 4.79 Å². The lowest BCUT2D eigenvalue weighted by molar-refractivity contribution is 0.0697. The number of carboxylic acids is 1. The number of carbonyl (C=O) groups is 1. The smallest absolute Gasteiger partial charge is 0.335 e. The Hall–Kier alpha value is -2.33. The lowest BCUT2D eigenvalue weighted by atomic mass is 9.97. The number of carboxylic acid groups (broad SMARTS) is 1. The Labute approximate surface area is 143 Å². The standard InChI is InChI=1S/C20H24N2O2/c23-20(24)18-10-8-16(9-11-18)13-21-14-17-5-4-12-22(15-17)19-6-2-1-3-7-19/h1-3,6-11,17,21H,4-5,12-15H2,(H,23,24). The van der Waals surface area contributed by atoms with Gasteiger partial charge in [-0.05, 0) is 55.1 Å². The summed E-state index contributed by atoms with van der Waals surface area (Å²) in [5.41, 5.74) is 2.77. The first-order chi connectivity index (χ1) is 11.7. The molecule has 0 spiro atoms. The van der Waals surface area contributed by atoms with Crippen molar-refractivity contribution in [3.63, 3.8) is 0 Å². The van der Waals surface area contributed by atoms with Crippen LogP contribution in [0.25, 0.3) is 0 Å². The quantitative estimate of drug-likeness (QED) is 0.855. The molecule has 0 saturated carbocycles. The van der Waals surface area contributed by atoms with E-state index in [1.54, 1.807) is 12.1 Å². The SMILES string of the molecule is O=C(O)c1ccc(CNCC2CCCN(c3ccccc3)C2)cc1. The summed E-state index contributed by atoms with van der Waals surface area (Å²) in [5.74, 6) is -0.227. The average molecular weight is 324 g/mol. The summed E-state index contributed by atoms with van der Waals surface area (Å²) >= 11 is 0. The van der Waals surface area contributed by atoms with Crippen molar-refractivity contribution >= 4 is 11.7 Å². The number of nitrogens with zero attached hydrogens (tertiary/aromatic N) is 1. The van der Waals surface area contributed by atoms with E-state index in [0.717, 1.165) is 31.7 Å². The first kappa shape index (κ1) is 16.5. The van der Waals surface area contributed by atoms with E-state index in [1.807, 2.05) is 12.1 Å². The number of nitrogens with one attached hydrogen (secondary N) is 1. The minimum atomic E-state index is -0.877. The van der Waals surface area contributed by atoms with E-state index in [2.05, 4.69) is 40.5 Å². The molecule has 0 amide bonds.